The van der Waals surface area contributed by atoms with Crippen LogP contribution >= 0.6 is 0 Å². The van der Waals surface area contributed by atoms with Crippen LogP contribution in [0.15, 0.2) is 60.8 Å². The van der Waals surface area contributed by atoms with E-state index in [1.54, 1.807) is 6.20 Å². The number of rotatable bonds is 2. The highest BCUT2D eigenvalue weighted by Gasteiger charge is 2.04. The zero-order valence-electron chi connectivity index (χ0n) is 14.1. The van der Waals surface area contributed by atoms with Crippen LogP contribution in [0.4, 0.5) is 0 Å². The predicted octanol–water partition coefficient (Wildman–Crippen LogP) is 6.39. The van der Waals surface area contributed by atoms with Gasteiger partial charge in [-0.1, -0.05) is 58.0 Å². The molecule has 3 aromatic rings. The van der Waals surface area contributed by atoms with Crippen molar-refractivity contribution < 1.29 is 4.74 Å². The molecule has 0 bridgehead atoms. The molecular weight excluding hydrogens is 270 g/mol. The van der Waals surface area contributed by atoms with Crippen LogP contribution < -0.4 is 4.74 Å². The van der Waals surface area contributed by atoms with Crippen LogP contribution in [0, 0.1) is 6.92 Å². The lowest BCUT2D eigenvalue weighted by Gasteiger charge is -2.10. The molecular formula is C20H25NO. The Kier molecular flexibility index (Phi) is 7.69. The molecule has 2 heteroatoms. The normalized spacial score (nSPS) is 9.14. The highest BCUT2D eigenvalue weighted by atomic mass is 16.5. The Labute approximate surface area is 133 Å². The van der Waals surface area contributed by atoms with E-state index in [1.165, 1.54) is 0 Å². The van der Waals surface area contributed by atoms with E-state index in [0.29, 0.717) is 0 Å². The molecule has 0 aliphatic carbocycles. The Morgan fingerprint density at radius 1 is 0.727 bits per heavy atom. The SMILES string of the molecule is CC.CC.Cc1ccccc1Oc1ccnc2ccccc12. The molecule has 0 atom stereocenters. The smallest absolute Gasteiger partial charge is 0.138 e. The molecule has 3 rings (SSSR count). The summed E-state index contributed by atoms with van der Waals surface area (Å²) in [5.41, 5.74) is 2.07. The summed E-state index contributed by atoms with van der Waals surface area (Å²) < 4.78 is 5.98. The van der Waals surface area contributed by atoms with Crippen LogP contribution in [0.3, 0.4) is 0 Å². The zero-order valence-corrected chi connectivity index (χ0v) is 14.1. The van der Waals surface area contributed by atoms with Crippen LogP contribution in [-0.4, -0.2) is 4.98 Å². The minimum absolute atomic E-state index is 0.843. The minimum Gasteiger partial charge on any atom is -0.456 e. The molecule has 2 aromatic carbocycles. The summed E-state index contributed by atoms with van der Waals surface area (Å²) in [7, 11) is 0. The van der Waals surface area contributed by atoms with Crippen LogP contribution in [-0.2, 0) is 0 Å². The van der Waals surface area contributed by atoms with Crippen molar-refractivity contribution in [2.24, 2.45) is 0 Å². The standard InChI is InChI=1S/C16H13NO.2C2H6/c1-12-6-2-5-9-15(12)18-16-10-11-17-14-8-4-3-7-13(14)16;2*1-2/h2-11H,1H3;2*1-2H3. The number of hydrogen-bond donors (Lipinski definition) is 0. The fourth-order valence-corrected chi connectivity index (χ4v) is 1.95. The van der Waals surface area contributed by atoms with Gasteiger partial charge in [-0.15, -0.1) is 0 Å². The van der Waals surface area contributed by atoms with Crippen LogP contribution in [0.5, 0.6) is 11.5 Å². The molecule has 116 valence electrons. The quantitative estimate of drug-likeness (QED) is 0.546. The third-order valence-corrected chi connectivity index (χ3v) is 2.92. The van der Waals surface area contributed by atoms with Crippen LogP contribution in [0.2, 0.25) is 0 Å². The van der Waals surface area contributed by atoms with Gasteiger partial charge in [0.25, 0.3) is 0 Å². The van der Waals surface area contributed by atoms with Gasteiger partial charge in [0, 0.05) is 11.6 Å². The van der Waals surface area contributed by atoms with E-state index in [2.05, 4.69) is 4.98 Å². The van der Waals surface area contributed by atoms with Crippen LogP contribution in [0.1, 0.15) is 33.3 Å². The fourth-order valence-electron chi connectivity index (χ4n) is 1.95. The second kappa shape index (κ2) is 9.56. The maximum atomic E-state index is 5.98. The lowest BCUT2D eigenvalue weighted by molar-refractivity contribution is 0.484. The van der Waals surface area contributed by atoms with Gasteiger partial charge >= 0.3 is 0 Å². The van der Waals surface area contributed by atoms with E-state index in [-0.39, 0.29) is 0 Å². The number of aromatic nitrogens is 1. The van der Waals surface area contributed by atoms with Gasteiger partial charge in [-0.2, -0.15) is 0 Å². The summed E-state index contributed by atoms with van der Waals surface area (Å²) >= 11 is 0. The third kappa shape index (κ3) is 4.32. The average Bonchev–Trinajstić information content (AvgIpc) is 2.61. The summed E-state index contributed by atoms with van der Waals surface area (Å²) in [6, 6.07) is 17.9. The van der Waals surface area contributed by atoms with Crippen LogP contribution in [0.25, 0.3) is 10.9 Å². The van der Waals surface area contributed by atoms with Gasteiger partial charge < -0.3 is 4.74 Å². The summed E-state index contributed by atoms with van der Waals surface area (Å²) in [5, 5.41) is 1.03. The molecule has 0 amide bonds. The Balaban J connectivity index is 0.000000561. The van der Waals surface area contributed by atoms with E-state index < -0.39 is 0 Å². The fraction of sp³-hybridized carbons (Fsp3) is 0.250. The summed E-state index contributed by atoms with van der Waals surface area (Å²) in [6.45, 7) is 10.0. The molecule has 22 heavy (non-hydrogen) atoms. The molecule has 0 aliphatic rings. The number of benzene rings is 2. The maximum Gasteiger partial charge on any atom is 0.138 e. The average molecular weight is 295 g/mol. The van der Waals surface area contributed by atoms with Gasteiger partial charge in [0.15, 0.2) is 0 Å². The second-order valence-electron chi connectivity index (χ2n) is 4.19. The maximum absolute atomic E-state index is 5.98. The highest BCUT2D eigenvalue weighted by molar-refractivity contribution is 5.84. The Morgan fingerprint density at radius 3 is 2.09 bits per heavy atom. The molecule has 0 saturated carbocycles. The van der Waals surface area contributed by atoms with E-state index in [1.807, 2.05) is 89.2 Å². The second-order valence-corrected chi connectivity index (χ2v) is 4.19. The molecule has 0 radical (unpaired) electrons. The summed E-state index contributed by atoms with van der Waals surface area (Å²) in [6.07, 6.45) is 1.77. The number of nitrogens with zero attached hydrogens (tertiary/aromatic N) is 1. The first kappa shape index (κ1) is 17.7. The number of para-hydroxylation sites is 2. The summed E-state index contributed by atoms with van der Waals surface area (Å²) in [5.74, 6) is 1.73. The van der Waals surface area contributed by atoms with Crippen molar-refractivity contribution in [1.29, 1.82) is 0 Å². The van der Waals surface area contributed by atoms with Crippen molar-refractivity contribution in [3.05, 3.63) is 66.4 Å². The molecule has 1 aromatic heterocycles. The zero-order chi connectivity index (χ0) is 16.4. The van der Waals surface area contributed by atoms with Gasteiger partial charge in [0.1, 0.15) is 11.5 Å². The molecule has 0 N–H and O–H groups in total. The lowest BCUT2D eigenvalue weighted by atomic mass is 10.2. The molecule has 1 heterocycles. The Bertz CT molecular complexity index is 687. The number of pyridine rings is 1. The van der Waals surface area contributed by atoms with Crippen molar-refractivity contribution >= 4 is 10.9 Å². The topological polar surface area (TPSA) is 22.1 Å². The van der Waals surface area contributed by atoms with Crippen molar-refractivity contribution in [2.45, 2.75) is 34.6 Å². The number of fused-ring (bicyclic) bond motifs is 1. The largest absolute Gasteiger partial charge is 0.456 e. The van der Waals surface area contributed by atoms with Crippen molar-refractivity contribution in [2.75, 3.05) is 0 Å². The number of aryl methyl sites for hydroxylation is 1. The van der Waals surface area contributed by atoms with Gasteiger partial charge in [0.05, 0.1) is 5.52 Å². The highest BCUT2D eigenvalue weighted by Crippen LogP contribution is 2.29. The molecule has 0 spiro atoms. The molecule has 0 unspecified atom stereocenters. The first-order chi connectivity index (χ1) is 10.8. The van der Waals surface area contributed by atoms with Gasteiger partial charge in [-0.05, 0) is 36.8 Å². The van der Waals surface area contributed by atoms with Crippen molar-refractivity contribution in [3.63, 3.8) is 0 Å². The van der Waals surface area contributed by atoms with E-state index >= 15 is 0 Å². The molecule has 0 fully saturated rings. The minimum atomic E-state index is 0.843. The molecule has 0 saturated heterocycles. The monoisotopic (exact) mass is 295 g/mol. The number of ether oxygens (including phenoxy) is 1. The Hall–Kier alpha value is -2.35. The summed E-state index contributed by atoms with van der Waals surface area (Å²) in [4.78, 5) is 4.33. The van der Waals surface area contributed by atoms with E-state index in [0.717, 1.165) is 28.0 Å². The number of hydrogen-bond acceptors (Lipinski definition) is 2. The Morgan fingerprint density at radius 2 is 1.36 bits per heavy atom. The van der Waals surface area contributed by atoms with E-state index in [4.69, 9.17) is 4.74 Å². The molecule has 2 nitrogen and oxygen atoms in total. The third-order valence-electron chi connectivity index (χ3n) is 2.92. The van der Waals surface area contributed by atoms with Gasteiger partial charge in [-0.3, -0.25) is 4.98 Å². The first-order valence-electron chi connectivity index (χ1n) is 7.92. The predicted molar refractivity (Wildman–Crippen MR) is 95.7 cm³/mol. The molecule has 0 aliphatic heterocycles. The van der Waals surface area contributed by atoms with Gasteiger partial charge in [-0.25, -0.2) is 0 Å². The first-order valence-corrected chi connectivity index (χ1v) is 7.92. The van der Waals surface area contributed by atoms with Gasteiger partial charge in [0.2, 0.25) is 0 Å². The van der Waals surface area contributed by atoms with Crippen molar-refractivity contribution in [1.82, 2.24) is 4.98 Å². The van der Waals surface area contributed by atoms with E-state index in [9.17, 15) is 0 Å². The van der Waals surface area contributed by atoms with Crippen molar-refractivity contribution in [3.8, 4) is 11.5 Å². The lowest BCUT2D eigenvalue weighted by Crippen LogP contribution is -1.89.